The number of tetrazole rings is 1. The van der Waals surface area contributed by atoms with Gasteiger partial charge in [0.1, 0.15) is 12.6 Å². The minimum absolute atomic E-state index is 0.0514. The molecule has 0 aliphatic carbocycles. The lowest BCUT2D eigenvalue weighted by molar-refractivity contribution is -0.132. The van der Waals surface area contributed by atoms with Gasteiger partial charge in [0.25, 0.3) is 0 Å². The van der Waals surface area contributed by atoms with Crippen LogP contribution in [0.4, 0.5) is 0 Å². The normalized spacial score (nSPS) is 17.1. The first-order chi connectivity index (χ1) is 19.6. The van der Waals surface area contributed by atoms with E-state index < -0.39 is 0 Å². The highest BCUT2D eigenvalue weighted by Crippen LogP contribution is 2.34. The second-order valence-corrected chi connectivity index (χ2v) is 10.1. The number of methoxy groups -OCH3 is 1. The standard InChI is InChI=1S/C30H36N8O2/c1-35(28(39)15-17-37-23-32-33-34-37)21-27-22-36(30(40-2)26-14-9-16-31-20-26)18-19-38(27)29(24-10-5-3-6-11-24)25-12-7-4-8-13-25/h3-14,16,20,23,27,29-30H,15,17-19,21-22H2,1-2H3. The highest BCUT2D eigenvalue weighted by molar-refractivity contribution is 5.75. The Morgan fingerprint density at radius 1 is 1.00 bits per heavy atom. The Labute approximate surface area is 235 Å². The average molecular weight is 541 g/mol. The van der Waals surface area contributed by atoms with Crippen LogP contribution in [0.15, 0.2) is 91.5 Å². The van der Waals surface area contributed by atoms with Crippen LogP contribution in [-0.2, 0) is 16.1 Å². The number of aromatic nitrogens is 5. The largest absolute Gasteiger partial charge is 0.362 e. The van der Waals surface area contributed by atoms with Crippen molar-refractivity contribution in [3.8, 4) is 0 Å². The average Bonchev–Trinajstić information content (AvgIpc) is 3.53. The second kappa shape index (κ2) is 13.4. The van der Waals surface area contributed by atoms with Crippen molar-refractivity contribution < 1.29 is 9.53 Å². The molecule has 1 saturated heterocycles. The maximum atomic E-state index is 13.2. The number of hydrogen-bond acceptors (Lipinski definition) is 8. The number of carbonyl (C=O) groups is 1. The maximum absolute atomic E-state index is 13.2. The number of rotatable bonds is 11. The molecule has 2 aromatic carbocycles. The Hall–Kier alpha value is -3.99. The summed E-state index contributed by atoms with van der Waals surface area (Å²) in [6, 6.07) is 25.3. The van der Waals surface area contributed by atoms with Crippen molar-refractivity contribution in [3.05, 3.63) is 108 Å². The van der Waals surface area contributed by atoms with Crippen molar-refractivity contribution in [1.29, 1.82) is 0 Å². The summed E-state index contributed by atoms with van der Waals surface area (Å²) in [4.78, 5) is 24.3. The number of nitrogens with zero attached hydrogens (tertiary/aromatic N) is 8. The maximum Gasteiger partial charge on any atom is 0.224 e. The van der Waals surface area contributed by atoms with E-state index in [-0.39, 0.29) is 24.2 Å². The number of ether oxygens (including phenoxy) is 1. The number of amides is 1. The zero-order valence-corrected chi connectivity index (χ0v) is 23.0. The van der Waals surface area contributed by atoms with Gasteiger partial charge < -0.3 is 9.64 Å². The molecule has 3 heterocycles. The molecule has 0 N–H and O–H groups in total. The molecule has 40 heavy (non-hydrogen) atoms. The molecule has 10 heteroatoms. The first-order valence-corrected chi connectivity index (χ1v) is 13.6. The van der Waals surface area contributed by atoms with E-state index in [0.29, 0.717) is 19.5 Å². The van der Waals surface area contributed by atoms with Gasteiger partial charge in [0, 0.05) is 70.8 Å². The molecule has 5 rings (SSSR count). The Morgan fingerprint density at radius 2 is 1.70 bits per heavy atom. The molecule has 0 bridgehead atoms. The molecule has 1 aliphatic rings. The van der Waals surface area contributed by atoms with Crippen molar-refractivity contribution in [1.82, 2.24) is 39.9 Å². The Morgan fingerprint density at radius 3 is 2.30 bits per heavy atom. The molecule has 4 aromatic rings. The van der Waals surface area contributed by atoms with E-state index in [2.05, 4.69) is 91.0 Å². The van der Waals surface area contributed by atoms with E-state index in [1.54, 1.807) is 18.0 Å². The number of carbonyl (C=O) groups excluding carboxylic acids is 1. The zero-order chi connectivity index (χ0) is 27.7. The molecular weight excluding hydrogens is 504 g/mol. The molecule has 1 amide bonds. The van der Waals surface area contributed by atoms with Gasteiger partial charge in [-0.25, -0.2) is 4.68 Å². The van der Waals surface area contributed by atoms with E-state index in [1.807, 2.05) is 30.3 Å². The van der Waals surface area contributed by atoms with Crippen LogP contribution in [0, 0.1) is 0 Å². The number of benzene rings is 2. The minimum atomic E-state index is -0.217. The topological polar surface area (TPSA) is 92.5 Å². The fourth-order valence-corrected chi connectivity index (χ4v) is 5.57. The first-order valence-electron chi connectivity index (χ1n) is 13.6. The van der Waals surface area contributed by atoms with Gasteiger partial charge in [0.15, 0.2) is 0 Å². The third-order valence-electron chi connectivity index (χ3n) is 7.50. The number of likely N-dealkylation sites (N-methyl/N-ethyl adjacent to an activating group) is 1. The van der Waals surface area contributed by atoms with E-state index in [0.717, 1.165) is 25.2 Å². The van der Waals surface area contributed by atoms with E-state index >= 15 is 0 Å². The van der Waals surface area contributed by atoms with Crippen LogP contribution in [0.1, 0.15) is 35.4 Å². The van der Waals surface area contributed by atoms with Crippen LogP contribution in [0.3, 0.4) is 0 Å². The van der Waals surface area contributed by atoms with Crippen LogP contribution in [-0.4, -0.2) is 92.2 Å². The Bertz CT molecular complexity index is 1270. The van der Waals surface area contributed by atoms with Crippen molar-refractivity contribution in [2.75, 3.05) is 40.3 Å². The summed E-state index contributed by atoms with van der Waals surface area (Å²) in [6.45, 7) is 3.38. The van der Waals surface area contributed by atoms with Crippen LogP contribution in [0.5, 0.6) is 0 Å². The SMILES string of the molecule is COC(c1cccnc1)N1CCN(C(c2ccccc2)c2ccccc2)C(CN(C)C(=O)CCn2cnnn2)C1. The quantitative estimate of drug-likeness (QED) is 0.287. The van der Waals surface area contributed by atoms with Gasteiger partial charge in [-0.2, -0.15) is 0 Å². The summed E-state index contributed by atoms with van der Waals surface area (Å²) < 4.78 is 7.57. The van der Waals surface area contributed by atoms with Crippen molar-refractivity contribution >= 4 is 5.91 Å². The molecule has 10 nitrogen and oxygen atoms in total. The molecule has 1 aliphatic heterocycles. The summed E-state index contributed by atoms with van der Waals surface area (Å²) >= 11 is 0. The number of piperazine rings is 1. The van der Waals surface area contributed by atoms with Crippen LogP contribution in [0.2, 0.25) is 0 Å². The molecule has 0 saturated carbocycles. The predicted molar refractivity (Wildman–Crippen MR) is 151 cm³/mol. The van der Waals surface area contributed by atoms with Gasteiger partial charge >= 0.3 is 0 Å². The van der Waals surface area contributed by atoms with Gasteiger partial charge in [-0.3, -0.25) is 19.6 Å². The summed E-state index contributed by atoms with van der Waals surface area (Å²) in [5, 5.41) is 11.2. The minimum Gasteiger partial charge on any atom is -0.362 e. The summed E-state index contributed by atoms with van der Waals surface area (Å²) in [5.74, 6) is 0.0547. The second-order valence-electron chi connectivity index (χ2n) is 10.1. The van der Waals surface area contributed by atoms with Gasteiger partial charge in [-0.05, 0) is 27.6 Å². The van der Waals surface area contributed by atoms with Crippen molar-refractivity contribution in [2.24, 2.45) is 0 Å². The molecule has 2 unspecified atom stereocenters. The van der Waals surface area contributed by atoms with Crippen molar-refractivity contribution in [3.63, 3.8) is 0 Å². The fourth-order valence-electron chi connectivity index (χ4n) is 5.57. The Balaban J connectivity index is 1.42. The lowest BCUT2D eigenvalue weighted by Gasteiger charge is -2.48. The molecule has 2 atom stereocenters. The molecular formula is C30H36N8O2. The third-order valence-corrected chi connectivity index (χ3v) is 7.50. The first kappa shape index (κ1) is 27.6. The highest BCUT2D eigenvalue weighted by atomic mass is 16.5. The van der Waals surface area contributed by atoms with Crippen molar-refractivity contribution in [2.45, 2.75) is 31.3 Å². The monoisotopic (exact) mass is 540 g/mol. The highest BCUT2D eigenvalue weighted by Gasteiger charge is 2.37. The number of pyridine rings is 1. The smallest absolute Gasteiger partial charge is 0.224 e. The lowest BCUT2D eigenvalue weighted by Crippen LogP contribution is -2.58. The van der Waals surface area contributed by atoms with Gasteiger partial charge in [0.2, 0.25) is 5.91 Å². The Kier molecular flexibility index (Phi) is 9.22. The predicted octanol–water partition coefficient (Wildman–Crippen LogP) is 3.04. The zero-order valence-electron chi connectivity index (χ0n) is 23.0. The summed E-state index contributed by atoms with van der Waals surface area (Å²) in [6.07, 6.45) is 5.28. The van der Waals surface area contributed by atoms with Gasteiger partial charge in [-0.15, -0.1) is 5.10 Å². The van der Waals surface area contributed by atoms with Crippen LogP contribution >= 0.6 is 0 Å². The fraction of sp³-hybridized carbons (Fsp3) is 0.367. The van der Waals surface area contributed by atoms with Crippen LogP contribution in [0.25, 0.3) is 0 Å². The van der Waals surface area contributed by atoms with E-state index in [9.17, 15) is 4.79 Å². The molecule has 2 aromatic heterocycles. The molecule has 1 fully saturated rings. The van der Waals surface area contributed by atoms with E-state index in [1.165, 1.54) is 17.5 Å². The summed E-state index contributed by atoms with van der Waals surface area (Å²) in [7, 11) is 3.62. The summed E-state index contributed by atoms with van der Waals surface area (Å²) in [5.41, 5.74) is 3.48. The molecule has 208 valence electrons. The number of hydrogen-bond donors (Lipinski definition) is 0. The van der Waals surface area contributed by atoms with Gasteiger partial charge in [0.05, 0.1) is 12.6 Å². The molecule has 0 spiro atoms. The lowest BCUT2D eigenvalue weighted by atomic mass is 9.94. The molecule has 0 radical (unpaired) electrons. The number of aryl methyl sites for hydroxylation is 1. The van der Waals surface area contributed by atoms with Gasteiger partial charge in [-0.1, -0.05) is 66.7 Å². The van der Waals surface area contributed by atoms with Crippen LogP contribution < -0.4 is 0 Å². The third kappa shape index (κ3) is 6.59. The van der Waals surface area contributed by atoms with E-state index in [4.69, 9.17) is 4.74 Å².